The van der Waals surface area contributed by atoms with Gasteiger partial charge in [0.15, 0.2) is 0 Å². The molecule has 3 aromatic rings. The molecule has 0 amide bonds. The Morgan fingerprint density at radius 2 is 1.39 bits per heavy atom. The first-order valence-corrected chi connectivity index (χ1v) is 11.2. The Bertz CT molecular complexity index is 940. The summed E-state index contributed by atoms with van der Waals surface area (Å²) in [4.78, 5) is 2.04. The number of alkyl halides is 1. The largest absolute Gasteiger partial charge is 0.492 e. The average Bonchev–Trinajstić information content (AvgIpc) is 2.81. The van der Waals surface area contributed by atoms with Crippen LogP contribution in [0.4, 0.5) is 0 Å². The summed E-state index contributed by atoms with van der Waals surface area (Å²) >= 11 is 6.22. The van der Waals surface area contributed by atoms with E-state index in [4.69, 9.17) is 21.4 Å². The Labute approximate surface area is 190 Å². The minimum absolute atomic E-state index is 0.159. The van der Waals surface area contributed by atoms with Crippen molar-refractivity contribution in [2.75, 3.05) is 39.2 Å². The lowest BCUT2D eigenvalue weighted by atomic mass is 9.88. The van der Waals surface area contributed by atoms with Gasteiger partial charge in [-0.1, -0.05) is 72.8 Å². The van der Waals surface area contributed by atoms with E-state index in [0.29, 0.717) is 19.0 Å². The van der Waals surface area contributed by atoms with Crippen LogP contribution in [0.5, 0.6) is 5.75 Å². The van der Waals surface area contributed by atoms with Crippen LogP contribution in [0.2, 0.25) is 0 Å². The van der Waals surface area contributed by atoms with Gasteiger partial charge in [-0.05, 0) is 53.4 Å². The lowest BCUT2D eigenvalue weighted by Crippen LogP contribution is -2.27. The van der Waals surface area contributed by atoms with Crippen LogP contribution < -0.4 is 4.74 Å². The Morgan fingerprint density at radius 3 is 1.97 bits per heavy atom. The monoisotopic (exact) mass is 435 g/mol. The predicted octanol–water partition coefficient (Wildman–Crippen LogP) is 5.58. The van der Waals surface area contributed by atoms with Gasteiger partial charge in [0.1, 0.15) is 12.4 Å². The van der Waals surface area contributed by atoms with Crippen LogP contribution in [-0.4, -0.2) is 49.2 Å². The molecule has 0 aromatic heterocycles. The van der Waals surface area contributed by atoms with Gasteiger partial charge in [0, 0.05) is 19.0 Å². The second-order valence-corrected chi connectivity index (χ2v) is 7.80. The molecular weight excluding hydrogens is 406 g/mol. The molecule has 3 aromatic carbocycles. The van der Waals surface area contributed by atoms with Crippen molar-refractivity contribution in [1.29, 1.82) is 0 Å². The molecule has 0 fully saturated rings. The molecule has 0 unspecified atom stereocenters. The molecule has 0 spiro atoms. The topological polar surface area (TPSA) is 32.7 Å². The fraction of sp³-hybridized carbons (Fsp3) is 0.259. The van der Waals surface area contributed by atoms with E-state index < -0.39 is 0 Å². The van der Waals surface area contributed by atoms with Gasteiger partial charge in [-0.25, -0.2) is 0 Å². The number of aliphatic hydroxyl groups excluding tert-OH is 1. The number of benzene rings is 3. The van der Waals surface area contributed by atoms with Crippen LogP contribution in [0, 0.1) is 0 Å². The summed E-state index contributed by atoms with van der Waals surface area (Å²) < 4.78 is 5.90. The van der Waals surface area contributed by atoms with Gasteiger partial charge in [0.25, 0.3) is 0 Å². The molecule has 0 saturated carbocycles. The first kappa shape index (κ1) is 23.1. The molecule has 0 radical (unpaired) electrons. The minimum Gasteiger partial charge on any atom is -0.492 e. The van der Waals surface area contributed by atoms with Crippen LogP contribution in [-0.2, 0) is 0 Å². The number of hydrogen-bond acceptors (Lipinski definition) is 3. The quantitative estimate of drug-likeness (QED) is 0.315. The van der Waals surface area contributed by atoms with Crippen molar-refractivity contribution in [2.45, 2.75) is 6.42 Å². The summed E-state index contributed by atoms with van der Waals surface area (Å²) in [6.45, 7) is 2.16. The van der Waals surface area contributed by atoms with Crippen molar-refractivity contribution in [3.05, 3.63) is 102 Å². The van der Waals surface area contributed by atoms with Gasteiger partial charge in [-0.15, -0.1) is 11.6 Å². The average molecular weight is 436 g/mol. The van der Waals surface area contributed by atoms with Crippen molar-refractivity contribution < 1.29 is 9.84 Å². The highest BCUT2D eigenvalue weighted by Gasteiger charge is 2.14. The van der Waals surface area contributed by atoms with Gasteiger partial charge in [0.05, 0.1) is 6.61 Å². The summed E-state index contributed by atoms with van der Waals surface area (Å²) in [5.41, 5.74) is 5.93. The van der Waals surface area contributed by atoms with Crippen molar-refractivity contribution in [3.8, 4) is 5.75 Å². The van der Waals surface area contributed by atoms with E-state index in [1.54, 1.807) is 0 Å². The zero-order chi connectivity index (χ0) is 21.9. The summed E-state index contributed by atoms with van der Waals surface area (Å²) in [7, 11) is 1.97. The van der Waals surface area contributed by atoms with Gasteiger partial charge < -0.3 is 14.7 Å². The van der Waals surface area contributed by atoms with Crippen molar-refractivity contribution in [2.24, 2.45) is 0 Å². The van der Waals surface area contributed by atoms with Crippen molar-refractivity contribution in [1.82, 2.24) is 4.90 Å². The molecule has 4 heteroatoms. The van der Waals surface area contributed by atoms with Crippen molar-refractivity contribution in [3.63, 3.8) is 0 Å². The van der Waals surface area contributed by atoms with Crippen LogP contribution >= 0.6 is 11.6 Å². The fourth-order valence-electron chi connectivity index (χ4n) is 3.59. The Kier molecular flexibility index (Phi) is 9.16. The lowest BCUT2D eigenvalue weighted by Gasteiger charge is -2.18. The van der Waals surface area contributed by atoms with Gasteiger partial charge in [-0.3, -0.25) is 0 Å². The molecular formula is C27H30ClNO2. The van der Waals surface area contributed by atoms with Gasteiger partial charge in [-0.2, -0.15) is 0 Å². The maximum absolute atomic E-state index is 9.00. The SMILES string of the molecule is CN(CCO)CCOc1ccc(/C(=C(\CCCl)c2ccccc2)c2ccccc2)cc1. The van der Waals surface area contributed by atoms with E-state index in [9.17, 15) is 0 Å². The van der Waals surface area contributed by atoms with E-state index in [0.717, 1.165) is 24.3 Å². The van der Waals surface area contributed by atoms with E-state index in [1.807, 2.05) is 36.2 Å². The summed E-state index contributed by atoms with van der Waals surface area (Å²) in [5, 5.41) is 9.00. The minimum atomic E-state index is 0.159. The standard InChI is InChI=1S/C27H30ClNO2/c1-29(18-20-30)19-21-31-25-14-12-24(13-15-25)27(23-10-6-3-7-11-23)26(16-17-28)22-8-4-2-5-9-22/h2-15,30H,16-21H2,1H3/b27-26+. The number of rotatable bonds is 11. The Morgan fingerprint density at radius 1 is 0.806 bits per heavy atom. The van der Waals surface area contributed by atoms with Gasteiger partial charge in [0.2, 0.25) is 0 Å². The maximum atomic E-state index is 9.00. The van der Waals surface area contributed by atoms with Crippen LogP contribution in [0.25, 0.3) is 11.1 Å². The molecule has 0 aliphatic heterocycles. The number of hydrogen-bond donors (Lipinski definition) is 1. The third kappa shape index (κ3) is 6.70. The highest BCUT2D eigenvalue weighted by molar-refractivity contribution is 6.18. The molecule has 0 atom stereocenters. The second kappa shape index (κ2) is 12.3. The third-order valence-electron chi connectivity index (χ3n) is 5.20. The molecule has 0 aliphatic rings. The molecule has 162 valence electrons. The van der Waals surface area contributed by atoms with Gasteiger partial charge >= 0.3 is 0 Å². The van der Waals surface area contributed by atoms with E-state index >= 15 is 0 Å². The fourth-order valence-corrected chi connectivity index (χ4v) is 3.78. The highest BCUT2D eigenvalue weighted by atomic mass is 35.5. The second-order valence-electron chi connectivity index (χ2n) is 7.42. The first-order chi connectivity index (χ1) is 15.2. The Balaban J connectivity index is 1.92. The first-order valence-electron chi connectivity index (χ1n) is 10.7. The third-order valence-corrected chi connectivity index (χ3v) is 5.39. The molecule has 0 aliphatic carbocycles. The number of nitrogens with zero attached hydrogens (tertiary/aromatic N) is 1. The number of ether oxygens (including phenoxy) is 1. The number of halogens is 1. The van der Waals surface area contributed by atoms with E-state index in [1.165, 1.54) is 22.3 Å². The molecule has 31 heavy (non-hydrogen) atoms. The van der Waals surface area contributed by atoms with Crippen molar-refractivity contribution >= 4 is 22.7 Å². The zero-order valence-corrected chi connectivity index (χ0v) is 18.8. The normalized spacial score (nSPS) is 12.0. The lowest BCUT2D eigenvalue weighted by molar-refractivity contribution is 0.192. The van der Waals surface area contributed by atoms with Crippen LogP contribution in [0.3, 0.4) is 0 Å². The Hall–Kier alpha value is -2.59. The number of likely N-dealkylation sites (N-methyl/N-ethyl adjacent to an activating group) is 1. The van der Waals surface area contributed by atoms with E-state index in [-0.39, 0.29) is 6.61 Å². The molecule has 1 N–H and O–H groups in total. The molecule has 3 rings (SSSR count). The molecule has 3 nitrogen and oxygen atoms in total. The predicted molar refractivity (Wildman–Crippen MR) is 131 cm³/mol. The maximum Gasteiger partial charge on any atom is 0.119 e. The summed E-state index contributed by atoms with van der Waals surface area (Å²) in [5.74, 6) is 1.40. The van der Waals surface area contributed by atoms with Crippen LogP contribution in [0.15, 0.2) is 84.9 Å². The highest BCUT2D eigenvalue weighted by Crippen LogP contribution is 2.35. The zero-order valence-electron chi connectivity index (χ0n) is 18.0. The number of aliphatic hydroxyl groups is 1. The molecule has 0 heterocycles. The number of allylic oxidation sites excluding steroid dienone is 1. The summed E-state index contributed by atoms with van der Waals surface area (Å²) in [6.07, 6.45) is 0.783. The van der Waals surface area contributed by atoms with Crippen LogP contribution in [0.1, 0.15) is 23.1 Å². The van der Waals surface area contributed by atoms with E-state index in [2.05, 4.69) is 60.7 Å². The summed E-state index contributed by atoms with van der Waals surface area (Å²) in [6, 6.07) is 29.2. The smallest absolute Gasteiger partial charge is 0.119 e. The molecule has 0 bridgehead atoms. The molecule has 0 saturated heterocycles.